The van der Waals surface area contributed by atoms with Gasteiger partial charge in [0.15, 0.2) is 5.58 Å². The van der Waals surface area contributed by atoms with Crippen LogP contribution in [0.15, 0.2) is 52.9 Å². The summed E-state index contributed by atoms with van der Waals surface area (Å²) in [6, 6.07) is 15.8. The number of para-hydroxylation sites is 2. The summed E-state index contributed by atoms with van der Waals surface area (Å²) in [6.07, 6.45) is 0. The molecular weight excluding hydrogens is 312 g/mol. The zero-order valence-corrected chi connectivity index (χ0v) is 15.4. The molecule has 0 saturated carbocycles. The van der Waals surface area contributed by atoms with Crippen molar-refractivity contribution in [2.45, 2.75) is 20.8 Å². The van der Waals surface area contributed by atoms with E-state index in [-0.39, 0.29) is 0 Å². The minimum atomic E-state index is 0.645. The lowest BCUT2D eigenvalue weighted by Crippen LogP contribution is -2.49. The number of rotatable bonds is 8. The van der Waals surface area contributed by atoms with E-state index in [4.69, 9.17) is 9.15 Å². The Balaban J connectivity index is 1.64. The lowest BCUT2D eigenvalue weighted by molar-refractivity contribution is -0.923. The summed E-state index contributed by atoms with van der Waals surface area (Å²) in [5.74, 6) is 1.53. The van der Waals surface area contributed by atoms with Crippen molar-refractivity contribution in [3.63, 3.8) is 0 Å². The van der Waals surface area contributed by atoms with Gasteiger partial charge in [0.05, 0.1) is 19.6 Å². The summed E-state index contributed by atoms with van der Waals surface area (Å²) < 4.78 is 12.9. The third-order valence-corrected chi connectivity index (χ3v) is 5.24. The van der Waals surface area contributed by atoms with Crippen LogP contribution in [0.25, 0.3) is 22.6 Å². The molecule has 0 fully saturated rings. The van der Waals surface area contributed by atoms with E-state index in [0.29, 0.717) is 5.89 Å². The second-order valence-corrected chi connectivity index (χ2v) is 6.37. The molecule has 4 nitrogen and oxygen atoms in total. The van der Waals surface area contributed by atoms with Crippen LogP contribution in [0.5, 0.6) is 5.75 Å². The van der Waals surface area contributed by atoms with Crippen molar-refractivity contribution in [1.29, 1.82) is 0 Å². The lowest BCUT2D eigenvalue weighted by Gasteiger charge is -2.35. The second-order valence-electron chi connectivity index (χ2n) is 6.37. The van der Waals surface area contributed by atoms with E-state index in [0.717, 1.165) is 59.7 Å². The van der Waals surface area contributed by atoms with E-state index in [9.17, 15) is 0 Å². The molecule has 0 spiro atoms. The summed E-state index contributed by atoms with van der Waals surface area (Å²) in [6.45, 7) is 12.0. The third-order valence-electron chi connectivity index (χ3n) is 5.24. The van der Waals surface area contributed by atoms with Gasteiger partial charge in [0, 0.05) is 5.56 Å². The largest absolute Gasteiger partial charge is 0.488 e. The fraction of sp³-hybridized carbons (Fsp3) is 0.381. The highest BCUT2D eigenvalue weighted by atomic mass is 16.5. The highest BCUT2D eigenvalue weighted by Gasteiger charge is 2.20. The average molecular weight is 339 g/mol. The lowest BCUT2D eigenvalue weighted by atomic mass is 10.2. The Morgan fingerprint density at radius 2 is 1.60 bits per heavy atom. The van der Waals surface area contributed by atoms with Crippen molar-refractivity contribution < 1.29 is 13.6 Å². The molecule has 0 radical (unpaired) electrons. The molecule has 1 heterocycles. The molecule has 132 valence electrons. The Labute approximate surface area is 149 Å². The molecule has 0 aliphatic carbocycles. The first-order valence-electron chi connectivity index (χ1n) is 9.13. The number of benzene rings is 2. The molecule has 0 unspecified atom stereocenters. The Kier molecular flexibility index (Phi) is 5.39. The molecule has 3 aromatic rings. The van der Waals surface area contributed by atoms with E-state index >= 15 is 0 Å². The normalized spacial score (nSPS) is 11.8. The zero-order chi connectivity index (χ0) is 17.7. The Morgan fingerprint density at radius 1 is 0.920 bits per heavy atom. The number of likely N-dealkylation sites (N-methyl/N-ethyl adjacent to an activating group) is 1. The summed E-state index contributed by atoms with van der Waals surface area (Å²) >= 11 is 0. The van der Waals surface area contributed by atoms with E-state index < -0.39 is 0 Å². The number of ether oxygens (including phenoxy) is 1. The first-order valence-corrected chi connectivity index (χ1v) is 9.13. The quantitative estimate of drug-likeness (QED) is 0.556. The molecular formula is C21H27N2O2+. The molecule has 0 atom stereocenters. The Morgan fingerprint density at radius 3 is 2.24 bits per heavy atom. The fourth-order valence-corrected chi connectivity index (χ4v) is 3.19. The van der Waals surface area contributed by atoms with Crippen molar-refractivity contribution >= 4 is 11.1 Å². The maximum absolute atomic E-state index is 5.95. The maximum atomic E-state index is 5.95. The van der Waals surface area contributed by atoms with E-state index in [1.165, 1.54) is 0 Å². The number of fused-ring (bicyclic) bond motifs is 1. The van der Waals surface area contributed by atoms with Gasteiger partial charge >= 0.3 is 0 Å². The van der Waals surface area contributed by atoms with Crippen molar-refractivity contribution in [1.82, 2.24) is 4.98 Å². The predicted molar refractivity (Wildman–Crippen MR) is 102 cm³/mol. The van der Waals surface area contributed by atoms with Gasteiger partial charge in [-0.05, 0) is 57.2 Å². The monoisotopic (exact) mass is 339 g/mol. The van der Waals surface area contributed by atoms with Crippen LogP contribution in [0.3, 0.4) is 0 Å². The van der Waals surface area contributed by atoms with Gasteiger partial charge in [-0.2, -0.15) is 0 Å². The standard InChI is InChI=1S/C21H27N2O2/c1-4-23(5-2,6-3)15-16-24-18-13-11-17(12-14-18)21-22-19-9-7-8-10-20(19)25-21/h7-14H,4-6,15-16H2,1-3H3/q+1. The SMILES string of the molecule is CC[N+](CC)(CC)CCOc1ccc(-c2nc3ccccc3o2)cc1. The van der Waals surface area contributed by atoms with Gasteiger partial charge in [-0.15, -0.1) is 0 Å². The fourth-order valence-electron chi connectivity index (χ4n) is 3.19. The average Bonchev–Trinajstić information content (AvgIpc) is 3.10. The minimum absolute atomic E-state index is 0.645. The van der Waals surface area contributed by atoms with Gasteiger partial charge in [-0.1, -0.05) is 12.1 Å². The van der Waals surface area contributed by atoms with Gasteiger partial charge in [0.25, 0.3) is 0 Å². The Bertz CT molecular complexity index is 763. The van der Waals surface area contributed by atoms with Crippen LogP contribution in [-0.2, 0) is 0 Å². The van der Waals surface area contributed by atoms with Gasteiger partial charge in [0.2, 0.25) is 5.89 Å². The molecule has 3 rings (SSSR count). The first-order chi connectivity index (χ1) is 12.2. The van der Waals surface area contributed by atoms with Gasteiger partial charge in [-0.3, -0.25) is 0 Å². The molecule has 0 N–H and O–H groups in total. The van der Waals surface area contributed by atoms with Crippen LogP contribution >= 0.6 is 0 Å². The van der Waals surface area contributed by atoms with Crippen LogP contribution in [0, 0.1) is 0 Å². The summed E-state index contributed by atoms with van der Waals surface area (Å²) in [4.78, 5) is 4.53. The molecule has 25 heavy (non-hydrogen) atoms. The van der Waals surface area contributed by atoms with Crippen LogP contribution in [0.1, 0.15) is 20.8 Å². The number of nitrogens with zero attached hydrogens (tertiary/aromatic N) is 2. The summed E-state index contributed by atoms with van der Waals surface area (Å²) in [5.41, 5.74) is 2.65. The molecule has 0 aliphatic rings. The number of aromatic nitrogens is 1. The highest BCUT2D eigenvalue weighted by molar-refractivity contribution is 5.76. The van der Waals surface area contributed by atoms with Crippen molar-refractivity contribution in [2.24, 2.45) is 0 Å². The van der Waals surface area contributed by atoms with Crippen molar-refractivity contribution in [2.75, 3.05) is 32.8 Å². The maximum Gasteiger partial charge on any atom is 0.227 e. The third kappa shape index (κ3) is 3.85. The van der Waals surface area contributed by atoms with E-state index in [1.807, 2.05) is 48.5 Å². The van der Waals surface area contributed by atoms with Gasteiger partial charge in [-0.25, -0.2) is 4.98 Å². The predicted octanol–water partition coefficient (Wildman–Crippen LogP) is 4.75. The molecule has 0 bridgehead atoms. The molecule has 2 aromatic carbocycles. The van der Waals surface area contributed by atoms with E-state index in [1.54, 1.807) is 0 Å². The van der Waals surface area contributed by atoms with Crippen LogP contribution in [0.2, 0.25) is 0 Å². The van der Waals surface area contributed by atoms with Gasteiger partial charge in [0.1, 0.15) is 24.4 Å². The van der Waals surface area contributed by atoms with Crippen LogP contribution in [-0.4, -0.2) is 42.3 Å². The summed E-state index contributed by atoms with van der Waals surface area (Å²) in [5, 5.41) is 0. The smallest absolute Gasteiger partial charge is 0.227 e. The number of oxazole rings is 1. The van der Waals surface area contributed by atoms with Crippen molar-refractivity contribution in [3.05, 3.63) is 48.5 Å². The molecule has 1 aromatic heterocycles. The number of quaternary nitrogens is 1. The van der Waals surface area contributed by atoms with Crippen LogP contribution < -0.4 is 4.74 Å². The van der Waals surface area contributed by atoms with Crippen molar-refractivity contribution in [3.8, 4) is 17.2 Å². The summed E-state index contributed by atoms with van der Waals surface area (Å²) in [7, 11) is 0. The molecule has 0 saturated heterocycles. The zero-order valence-electron chi connectivity index (χ0n) is 15.4. The number of hydrogen-bond acceptors (Lipinski definition) is 3. The Hall–Kier alpha value is -2.33. The topological polar surface area (TPSA) is 35.3 Å². The van der Waals surface area contributed by atoms with Gasteiger partial charge < -0.3 is 13.6 Å². The minimum Gasteiger partial charge on any atom is -0.488 e. The molecule has 0 aliphatic heterocycles. The molecule has 0 amide bonds. The second kappa shape index (κ2) is 7.70. The molecule has 4 heteroatoms. The van der Waals surface area contributed by atoms with E-state index in [2.05, 4.69) is 25.8 Å². The number of hydrogen-bond donors (Lipinski definition) is 0. The highest BCUT2D eigenvalue weighted by Crippen LogP contribution is 2.25. The first kappa shape index (κ1) is 17.5. The van der Waals surface area contributed by atoms with Crippen LogP contribution in [0.4, 0.5) is 0 Å².